The first-order valence-corrected chi connectivity index (χ1v) is 13.2. The van der Waals surface area contributed by atoms with Gasteiger partial charge >= 0.3 is 0 Å². The minimum atomic E-state index is -0.581. The van der Waals surface area contributed by atoms with Crippen LogP contribution in [0.25, 0.3) is 11.5 Å². The van der Waals surface area contributed by atoms with E-state index in [0.717, 1.165) is 69.8 Å². The Kier molecular flexibility index (Phi) is 6.36. The van der Waals surface area contributed by atoms with Crippen LogP contribution < -0.4 is 9.47 Å². The van der Waals surface area contributed by atoms with Gasteiger partial charge < -0.3 is 19.1 Å². The predicted octanol–water partition coefficient (Wildman–Crippen LogP) is 4.36. The molecule has 3 heterocycles. The quantitative estimate of drug-likeness (QED) is 0.493. The molecule has 0 radical (unpaired) electrons. The van der Waals surface area contributed by atoms with Crippen LogP contribution in [0.3, 0.4) is 0 Å². The van der Waals surface area contributed by atoms with Gasteiger partial charge in [0.05, 0.1) is 37.1 Å². The third-order valence-electron chi connectivity index (χ3n) is 8.22. The molecule has 1 atom stereocenters. The topological polar surface area (TPSA) is 133 Å². The van der Waals surface area contributed by atoms with Crippen LogP contribution in [0.5, 0.6) is 17.5 Å². The van der Waals surface area contributed by atoms with Gasteiger partial charge in [0.1, 0.15) is 12.1 Å². The van der Waals surface area contributed by atoms with E-state index in [1.54, 1.807) is 18.5 Å². The van der Waals surface area contributed by atoms with Gasteiger partial charge in [0, 0.05) is 17.4 Å². The van der Waals surface area contributed by atoms with E-state index < -0.39 is 5.41 Å². The predicted molar refractivity (Wildman–Crippen MR) is 131 cm³/mol. The number of hydrogen-bond acceptors (Lipinski definition) is 10. The highest BCUT2D eigenvalue weighted by molar-refractivity contribution is 5.91. The zero-order valence-electron chi connectivity index (χ0n) is 20.8. The molecule has 2 saturated carbocycles. The minimum absolute atomic E-state index is 0.0720. The van der Waals surface area contributed by atoms with Crippen molar-refractivity contribution in [1.82, 2.24) is 25.1 Å². The number of Topliss-reactive ketones (excluding diaryl/α,β-unsaturated/α-hetero) is 1. The number of ketones is 1. The Hall–Kier alpha value is -3.40. The summed E-state index contributed by atoms with van der Waals surface area (Å²) in [6.07, 6.45) is 14.2. The van der Waals surface area contributed by atoms with Crippen molar-refractivity contribution in [1.29, 1.82) is 0 Å². The van der Waals surface area contributed by atoms with Gasteiger partial charge in [0.2, 0.25) is 11.8 Å². The number of aliphatic hydroxyl groups is 1. The van der Waals surface area contributed by atoms with Crippen molar-refractivity contribution in [2.45, 2.75) is 76.0 Å². The molecule has 0 bridgehead atoms. The Labute approximate surface area is 214 Å². The fourth-order valence-corrected chi connectivity index (χ4v) is 6.16. The van der Waals surface area contributed by atoms with Gasteiger partial charge in [-0.3, -0.25) is 4.79 Å². The monoisotopic (exact) mass is 505 g/mol. The Morgan fingerprint density at radius 1 is 0.946 bits per heavy atom. The van der Waals surface area contributed by atoms with Crippen LogP contribution in [0, 0.1) is 5.41 Å². The Bertz CT molecular complexity index is 1270. The molecule has 10 nitrogen and oxygen atoms in total. The van der Waals surface area contributed by atoms with Crippen LogP contribution in [0.15, 0.2) is 29.3 Å². The van der Waals surface area contributed by atoms with E-state index in [9.17, 15) is 9.90 Å². The summed E-state index contributed by atoms with van der Waals surface area (Å²) in [6, 6.07) is 1.62. The lowest BCUT2D eigenvalue weighted by Crippen LogP contribution is -2.41. The molecule has 2 fully saturated rings. The normalized spacial score (nSPS) is 22.7. The van der Waals surface area contributed by atoms with Gasteiger partial charge in [-0.25, -0.2) is 9.97 Å². The van der Waals surface area contributed by atoms with E-state index in [0.29, 0.717) is 41.9 Å². The van der Waals surface area contributed by atoms with Gasteiger partial charge in [-0.1, -0.05) is 24.4 Å². The largest absolute Gasteiger partial charge is 0.477 e. The van der Waals surface area contributed by atoms with Crippen molar-refractivity contribution in [3.05, 3.63) is 36.1 Å². The average molecular weight is 506 g/mol. The zero-order valence-corrected chi connectivity index (χ0v) is 20.8. The highest BCUT2D eigenvalue weighted by Gasteiger charge is 2.48. The Morgan fingerprint density at radius 2 is 1.70 bits per heavy atom. The maximum atomic E-state index is 13.1. The van der Waals surface area contributed by atoms with Crippen molar-refractivity contribution < 1.29 is 23.9 Å². The number of aromatic nitrogens is 5. The summed E-state index contributed by atoms with van der Waals surface area (Å²) >= 11 is 0. The Morgan fingerprint density at radius 3 is 2.49 bits per heavy atom. The summed E-state index contributed by atoms with van der Waals surface area (Å²) in [5.41, 5.74) is 0.572. The van der Waals surface area contributed by atoms with E-state index in [2.05, 4.69) is 25.1 Å². The number of rotatable bonds is 7. The maximum Gasteiger partial charge on any atom is 0.226 e. The molecule has 0 saturated heterocycles. The number of carbonyl (C=O) groups is 1. The van der Waals surface area contributed by atoms with Crippen molar-refractivity contribution in [3.8, 4) is 29.0 Å². The highest BCUT2D eigenvalue weighted by atomic mass is 16.5. The molecular formula is C27H31N5O5. The summed E-state index contributed by atoms with van der Waals surface area (Å²) in [6.45, 7) is 0.422. The first kappa shape index (κ1) is 24.0. The van der Waals surface area contributed by atoms with E-state index in [1.165, 1.54) is 6.33 Å². The van der Waals surface area contributed by atoms with Gasteiger partial charge in [-0.15, -0.1) is 0 Å². The van der Waals surface area contributed by atoms with Crippen LogP contribution >= 0.6 is 0 Å². The smallest absolute Gasteiger partial charge is 0.226 e. The number of hydrogen-bond donors (Lipinski definition) is 1. The van der Waals surface area contributed by atoms with E-state index in [-0.39, 0.29) is 23.7 Å². The first-order valence-electron chi connectivity index (χ1n) is 13.2. The second kappa shape index (κ2) is 9.81. The van der Waals surface area contributed by atoms with Crippen LogP contribution in [0.2, 0.25) is 0 Å². The van der Waals surface area contributed by atoms with Crippen LogP contribution in [0.4, 0.5) is 0 Å². The Balaban J connectivity index is 1.37. The van der Waals surface area contributed by atoms with Crippen molar-refractivity contribution in [2.75, 3.05) is 13.2 Å². The van der Waals surface area contributed by atoms with Gasteiger partial charge in [0.25, 0.3) is 0 Å². The second-order valence-electron chi connectivity index (χ2n) is 10.6. The number of ether oxygens (including phenoxy) is 2. The number of aliphatic hydroxyl groups excluding tert-OH is 1. The molecule has 0 amide bonds. The molecule has 1 N–H and O–H groups in total. The lowest BCUT2D eigenvalue weighted by molar-refractivity contribution is -0.128. The molecule has 0 aromatic carbocycles. The van der Waals surface area contributed by atoms with Gasteiger partial charge in [-0.05, 0) is 44.9 Å². The van der Waals surface area contributed by atoms with E-state index in [4.69, 9.17) is 14.0 Å². The van der Waals surface area contributed by atoms with Gasteiger partial charge in [0.15, 0.2) is 23.0 Å². The maximum absolute atomic E-state index is 13.1. The van der Waals surface area contributed by atoms with E-state index in [1.807, 2.05) is 0 Å². The molecule has 3 aromatic rings. The van der Waals surface area contributed by atoms with E-state index >= 15 is 0 Å². The third-order valence-corrected chi connectivity index (χ3v) is 8.22. The summed E-state index contributed by atoms with van der Waals surface area (Å²) in [5.74, 6) is 2.26. The average Bonchev–Trinajstić information content (AvgIpc) is 3.59. The van der Waals surface area contributed by atoms with Crippen molar-refractivity contribution >= 4 is 5.78 Å². The summed E-state index contributed by atoms with van der Waals surface area (Å²) in [7, 11) is 0. The molecule has 3 aromatic heterocycles. The molecule has 0 unspecified atom stereocenters. The lowest BCUT2D eigenvalue weighted by Gasteiger charge is -2.36. The fraction of sp³-hybridized carbons (Fsp3) is 0.556. The lowest BCUT2D eigenvalue weighted by atomic mass is 9.64. The third kappa shape index (κ3) is 4.47. The van der Waals surface area contributed by atoms with Crippen molar-refractivity contribution in [3.63, 3.8) is 0 Å². The second-order valence-corrected chi connectivity index (χ2v) is 10.6. The SMILES string of the molecule is O=C1CCCC[C@@]12CCCc1c(-c3nc(OCC4(CO)CCCC4)cc(Oc4cncnc4)n3)noc12. The van der Waals surface area contributed by atoms with Crippen LogP contribution in [-0.2, 0) is 16.6 Å². The summed E-state index contributed by atoms with van der Waals surface area (Å²) in [4.78, 5) is 30.4. The van der Waals surface area contributed by atoms with Crippen molar-refractivity contribution in [2.24, 2.45) is 5.41 Å². The van der Waals surface area contributed by atoms with Gasteiger partial charge in [-0.2, -0.15) is 9.97 Å². The summed E-state index contributed by atoms with van der Waals surface area (Å²) < 4.78 is 18.0. The molecule has 6 rings (SSSR count). The number of nitrogens with zero attached hydrogens (tertiary/aromatic N) is 5. The zero-order chi connectivity index (χ0) is 25.3. The number of fused-ring (bicyclic) bond motifs is 2. The fourth-order valence-electron chi connectivity index (χ4n) is 6.16. The molecular weight excluding hydrogens is 474 g/mol. The molecule has 0 aliphatic heterocycles. The first-order chi connectivity index (χ1) is 18.1. The highest BCUT2D eigenvalue weighted by Crippen LogP contribution is 2.47. The molecule has 3 aliphatic rings. The summed E-state index contributed by atoms with van der Waals surface area (Å²) in [5, 5.41) is 14.4. The molecule has 194 valence electrons. The standard InChI is InChI=1S/C27H31N5O5/c33-15-26(8-3-4-9-26)16-35-21-12-22(36-18-13-28-17-29-14-18)31-25(30-21)23-19-6-5-11-27(24(19)37-32-23)10-2-1-7-20(27)34/h12-14,17,33H,1-11,15-16H2/t27-/m1/s1. The van der Waals surface area contributed by atoms with Crippen LogP contribution in [0.1, 0.15) is 75.5 Å². The minimum Gasteiger partial charge on any atom is -0.477 e. The molecule has 1 spiro atoms. The molecule has 37 heavy (non-hydrogen) atoms. The van der Waals surface area contributed by atoms with Crippen LogP contribution in [-0.4, -0.2) is 49.2 Å². The number of carbonyl (C=O) groups excluding carboxylic acids is 1. The molecule has 10 heteroatoms. The molecule has 3 aliphatic carbocycles.